The van der Waals surface area contributed by atoms with Gasteiger partial charge in [-0.05, 0) is 37.5 Å². The van der Waals surface area contributed by atoms with Crippen molar-refractivity contribution in [3.05, 3.63) is 26.9 Å². The van der Waals surface area contributed by atoms with E-state index in [0.29, 0.717) is 38.8 Å². The van der Waals surface area contributed by atoms with Crippen molar-refractivity contribution in [3.8, 4) is 5.88 Å². The average molecular weight is 421 g/mol. The lowest BCUT2D eigenvalue weighted by atomic mass is 10.2. The summed E-state index contributed by atoms with van der Waals surface area (Å²) in [6.07, 6.45) is 2.18. The van der Waals surface area contributed by atoms with Gasteiger partial charge in [-0.25, -0.2) is 4.98 Å². The van der Waals surface area contributed by atoms with Crippen molar-refractivity contribution in [2.45, 2.75) is 39.0 Å². The molecule has 3 aromatic rings. The fraction of sp³-hybridized carbons (Fsp3) is 0.471. The molecule has 1 aliphatic rings. The molecule has 4 rings (SSSR count). The number of thiophene rings is 1. The van der Waals surface area contributed by atoms with Crippen molar-refractivity contribution in [2.24, 2.45) is 0 Å². The molecule has 1 saturated carbocycles. The van der Waals surface area contributed by atoms with E-state index >= 15 is 0 Å². The van der Waals surface area contributed by atoms with E-state index in [-0.39, 0.29) is 12.5 Å². The number of methoxy groups -OCH3 is 2. The number of carbonyl (C=O) groups is 1. The van der Waals surface area contributed by atoms with Gasteiger partial charge in [0.15, 0.2) is 16.4 Å². The van der Waals surface area contributed by atoms with Gasteiger partial charge in [-0.1, -0.05) is 0 Å². The number of H-pyrrole nitrogens is 1. The van der Waals surface area contributed by atoms with Crippen molar-refractivity contribution in [1.29, 1.82) is 0 Å². The van der Waals surface area contributed by atoms with Crippen molar-refractivity contribution in [2.75, 3.05) is 14.2 Å². The predicted molar refractivity (Wildman–Crippen MR) is 106 cm³/mol. The van der Waals surface area contributed by atoms with E-state index in [2.05, 4.69) is 25.5 Å². The predicted octanol–water partition coefficient (Wildman–Crippen LogP) is 2.67. The first kappa shape index (κ1) is 19.0. The van der Waals surface area contributed by atoms with Crippen LogP contribution in [0.3, 0.4) is 0 Å². The van der Waals surface area contributed by atoms with Crippen LogP contribution in [0.15, 0.2) is 0 Å². The van der Waals surface area contributed by atoms with Crippen LogP contribution in [0.5, 0.6) is 5.88 Å². The van der Waals surface area contributed by atoms with Gasteiger partial charge in [-0.3, -0.25) is 14.5 Å². The summed E-state index contributed by atoms with van der Waals surface area (Å²) in [6, 6.07) is 0.392. The van der Waals surface area contributed by atoms with Crippen LogP contribution in [0.25, 0.3) is 10.2 Å². The van der Waals surface area contributed by atoms with Gasteiger partial charge >= 0.3 is 0 Å². The van der Waals surface area contributed by atoms with Crippen molar-refractivity contribution in [3.63, 3.8) is 0 Å². The highest BCUT2D eigenvalue weighted by Gasteiger charge is 2.27. The molecule has 3 aromatic heterocycles. The van der Waals surface area contributed by atoms with Crippen LogP contribution in [-0.4, -0.2) is 44.9 Å². The lowest BCUT2D eigenvalue weighted by Crippen LogP contribution is -2.24. The second-order valence-corrected chi connectivity index (χ2v) is 7.93. The van der Waals surface area contributed by atoms with E-state index < -0.39 is 0 Å². The minimum absolute atomic E-state index is 0.188. The van der Waals surface area contributed by atoms with E-state index in [9.17, 15) is 4.79 Å². The highest BCUT2D eigenvalue weighted by atomic mass is 32.1. The molecule has 1 fully saturated rings. The van der Waals surface area contributed by atoms with Gasteiger partial charge in [0.2, 0.25) is 5.88 Å². The van der Waals surface area contributed by atoms with E-state index in [1.165, 1.54) is 11.3 Å². The van der Waals surface area contributed by atoms with Crippen LogP contribution < -0.4 is 10.1 Å². The Hall–Kier alpha value is -2.37. The largest absolute Gasteiger partial charge is 0.480 e. The summed E-state index contributed by atoms with van der Waals surface area (Å²) in [7, 11) is 3.13. The highest BCUT2D eigenvalue weighted by molar-refractivity contribution is 7.71. The topological polar surface area (TPSA) is 107 Å². The van der Waals surface area contributed by atoms with Crippen LogP contribution in [0.2, 0.25) is 0 Å². The third kappa shape index (κ3) is 3.40. The molecule has 0 unspecified atom stereocenters. The first-order valence-corrected chi connectivity index (χ1v) is 10.0. The molecule has 1 amide bonds. The van der Waals surface area contributed by atoms with Crippen molar-refractivity contribution in [1.82, 2.24) is 30.0 Å². The van der Waals surface area contributed by atoms with Crippen molar-refractivity contribution < 1.29 is 14.3 Å². The number of rotatable bonds is 7. The summed E-state index contributed by atoms with van der Waals surface area (Å²) >= 11 is 6.59. The zero-order valence-electron chi connectivity index (χ0n) is 15.7. The molecular weight excluding hydrogens is 400 g/mol. The number of hydrogen-bond donors (Lipinski definition) is 2. The second kappa shape index (κ2) is 7.57. The number of aromatic nitrogens is 5. The van der Waals surface area contributed by atoms with Gasteiger partial charge in [0.25, 0.3) is 5.91 Å². The van der Waals surface area contributed by atoms with Gasteiger partial charge in [0, 0.05) is 13.2 Å². The van der Waals surface area contributed by atoms with Crippen molar-refractivity contribution >= 4 is 39.7 Å². The Morgan fingerprint density at radius 1 is 1.39 bits per heavy atom. The van der Waals surface area contributed by atoms with E-state index in [0.717, 1.165) is 29.6 Å². The maximum Gasteiger partial charge on any atom is 0.262 e. The Kier molecular flexibility index (Phi) is 5.13. The van der Waals surface area contributed by atoms with Crippen LogP contribution in [0, 0.1) is 11.7 Å². The van der Waals surface area contributed by atoms with Crippen LogP contribution in [-0.2, 0) is 17.9 Å². The number of amides is 1. The monoisotopic (exact) mass is 420 g/mol. The number of hydrogen-bond acceptors (Lipinski definition) is 8. The molecule has 11 heteroatoms. The van der Waals surface area contributed by atoms with E-state index in [1.54, 1.807) is 14.2 Å². The summed E-state index contributed by atoms with van der Waals surface area (Å²) < 4.78 is 13.1. The van der Waals surface area contributed by atoms with Crippen LogP contribution in [0.1, 0.15) is 45.8 Å². The summed E-state index contributed by atoms with van der Waals surface area (Å²) in [6.45, 7) is 2.44. The molecule has 0 spiro atoms. The Labute approximate surface area is 170 Å². The molecule has 3 heterocycles. The molecule has 0 bridgehead atoms. The SMILES string of the molecule is COCc1nc(OC)c2c(C)c(C(=O)NCc3n[nH]c(=S)n3C3CC3)sc2n1. The molecule has 0 radical (unpaired) electrons. The Morgan fingerprint density at radius 2 is 2.18 bits per heavy atom. The average Bonchev–Trinajstić information content (AvgIpc) is 3.37. The normalized spacial score (nSPS) is 13.8. The van der Waals surface area contributed by atoms with Crippen LogP contribution in [0.4, 0.5) is 0 Å². The summed E-state index contributed by atoms with van der Waals surface area (Å²) in [4.78, 5) is 23.0. The van der Waals surface area contributed by atoms with Gasteiger partial charge in [-0.2, -0.15) is 10.1 Å². The molecule has 1 aliphatic carbocycles. The maximum absolute atomic E-state index is 12.8. The lowest BCUT2D eigenvalue weighted by molar-refractivity contribution is 0.0953. The van der Waals surface area contributed by atoms with Gasteiger partial charge in [0.05, 0.1) is 23.9 Å². The fourth-order valence-electron chi connectivity index (χ4n) is 3.11. The zero-order valence-corrected chi connectivity index (χ0v) is 17.4. The number of carbonyl (C=O) groups excluding carboxylic acids is 1. The fourth-order valence-corrected chi connectivity index (χ4v) is 4.52. The lowest BCUT2D eigenvalue weighted by Gasteiger charge is -2.07. The Bertz CT molecular complexity index is 1100. The number of nitrogens with zero attached hydrogens (tertiary/aromatic N) is 4. The Balaban J connectivity index is 1.60. The third-order valence-electron chi connectivity index (χ3n) is 4.57. The summed E-state index contributed by atoms with van der Waals surface area (Å²) in [5.41, 5.74) is 0.791. The van der Waals surface area contributed by atoms with Gasteiger partial charge < -0.3 is 14.8 Å². The molecule has 28 heavy (non-hydrogen) atoms. The zero-order chi connectivity index (χ0) is 19.8. The first-order chi connectivity index (χ1) is 13.5. The highest BCUT2D eigenvalue weighted by Crippen LogP contribution is 2.36. The van der Waals surface area contributed by atoms with E-state index in [4.69, 9.17) is 21.7 Å². The number of ether oxygens (including phenoxy) is 2. The second-order valence-electron chi connectivity index (χ2n) is 6.55. The maximum atomic E-state index is 12.8. The minimum atomic E-state index is -0.188. The number of fused-ring (bicyclic) bond motifs is 1. The quantitative estimate of drug-likeness (QED) is 0.566. The Morgan fingerprint density at radius 3 is 2.86 bits per heavy atom. The third-order valence-corrected chi connectivity index (χ3v) is 6.05. The molecule has 0 aliphatic heterocycles. The minimum Gasteiger partial charge on any atom is -0.480 e. The molecule has 0 atom stereocenters. The smallest absolute Gasteiger partial charge is 0.262 e. The molecule has 0 saturated heterocycles. The first-order valence-electron chi connectivity index (χ1n) is 8.80. The molecular formula is C17H20N6O3S2. The number of aromatic amines is 1. The summed E-state index contributed by atoms with van der Waals surface area (Å²) in [5.74, 6) is 1.51. The standard InChI is InChI=1S/C17H20N6O3S2/c1-8-12-15(26-3)19-10(7-25-2)20-16(12)28-13(8)14(24)18-6-11-21-22-17(27)23(11)9-4-5-9/h9H,4-7H2,1-3H3,(H,18,24)(H,22,27). The van der Waals surface area contributed by atoms with Gasteiger partial charge in [-0.15, -0.1) is 11.3 Å². The molecule has 148 valence electrons. The van der Waals surface area contributed by atoms with E-state index in [1.807, 2.05) is 11.5 Å². The molecule has 2 N–H and O–H groups in total. The summed E-state index contributed by atoms with van der Waals surface area (Å²) in [5, 5.41) is 10.7. The number of nitrogens with one attached hydrogen (secondary N) is 2. The number of aryl methyl sites for hydroxylation is 1. The van der Waals surface area contributed by atoms with Gasteiger partial charge in [0.1, 0.15) is 11.4 Å². The molecule has 9 nitrogen and oxygen atoms in total. The van der Waals surface area contributed by atoms with Crippen LogP contribution >= 0.6 is 23.6 Å². The molecule has 0 aromatic carbocycles.